The molecule has 0 aliphatic rings. The van der Waals surface area contributed by atoms with Crippen molar-refractivity contribution >= 4 is 11.8 Å². The Labute approximate surface area is 96.7 Å². The first kappa shape index (κ1) is 15.2. The zero-order chi connectivity index (χ0) is 11.8. The maximum atomic E-state index is 9.14. The van der Waals surface area contributed by atoms with Crippen molar-refractivity contribution in [1.29, 1.82) is 0 Å². The first-order valence-corrected chi connectivity index (χ1v) is 6.34. The zero-order valence-electron chi connectivity index (χ0n) is 10.2. The monoisotopic (exact) mass is 237 g/mol. The first-order chi connectivity index (χ1) is 7.10. The lowest BCUT2D eigenvalue weighted by molar-refractivity contribution is -0.120. The van der Waals surface area contributed by atoms with Gasteiger partial charge < -0.3 is 19.9 Å². The summed E-state index contributed by atoms with van der Waals surface area (Å²) >= 11 is 1.65. The molecule has 0 aromatic heterocycles. The maximum absolute atomic E-state index is 9.14. The van der Waals surface area contributed by atoms with Gasteiger partial charge in [-0.1, -0.05) is 0 Å². The summed E-state index contributed by atoms with van der Waals surface area (Å²) in [5.41, 5.74) is 0. The highest BCUT2D eigenvalue weighted by molar-refractivity contribution is 7.99. The molecule has 3 atom stereocenters. The molecule has 0 rings (SSSR count). The van der Waals surface area contributed by atoms with E-state index < -0.39 is 0 Å². The van der Waals surface area contributed by atoms with Crippen LogP contribution in [0.25, 0.3) is 0 Å². The van der Waals surface area contributed by atoms with Crippen LogP contribution in [-0.2, 0) is 9.47 Å². The molecule has 3 unspecified atom stereocenters. The number of nitrogens with one attached hydrogen (secondary N) is 1. The summed E-state index contributed by atoms with van der Waals surface area (Å²) in [4.78, 5) is 0. The Morgan fingerprint density at radius 3 is 2.07 bits per heavy atom. The summed E-state index contributed by atoms with van der Waals surface area (Å²) in [5, 5.41) is 12.7. The van der Waals surface area contributed by atoms with Gasteiger partial charge in [-0.15, -0.1) is 0 Å². The topological polar surface area (TPSA) is 50.7 Å². The third kappa shape index (κ3) is 5.17. The molecule has 0 saturated heterocycles. The fourth-order valence-corrected chi connectivity index (χ4v) is 2.18. The number of hydrogen-bond donors (Lipinski definition) is 2. The number of hydrogen-bond acceptors (Lipinski definition) is 5. The summed E-state index contributed by atoms with van der Waals surface area (Å²) in [6.07, 6.45) is 1.74. The molecule has 15 heavy (non-hydrogen) atoms. The molecule has 0 aromatic rings. The van der Waals surface area contributed by atoms with Gasteiger partial charge in [0.2, 0.25) is 0 Å². The van der Waals surface area contributed by atoms with Crippen molar-refractivity contribution in [2.75, 3.05) is 27.1 Å². The van der Waals surface area contributed by atoms with Crippen LogP contribution in [0.3, 0.4) is 0 Å². The van der Waals surface area contributed by atoms with Crippen LogP contribution in [0.15, 0.2) is 0 Å². The Morgan fingerprint density at radius 2 is 1.73 bits per heavy atom. The molecule has 92 valence electrons. The predicted molar refractivity (Wildman–Crippen MR) is 64.3 cm³/mol. The van der Waals surface area contributed by atoms with Crippen LogP contribution in [0.2, 0.25) is 0 Å². The smallest absolute Gasteiger partial charge is 0.171 e. The molecule has 0 saturated carbocycles. The maximum Gasteiger partial charge on any atom is 0.171 e. The van der Waals surface area contributed by atoms with Crippen molar-refractivity contribution in [3.8, 4) is 0 Å². The minimum atomic E-state index is -0.256. The summed E-state index contributed by atoms with van der Waals surface area (Å²) < 4.78 is 10.3. The summed E-state index contributed by atoms with van der Waals surface area (Å²) in [6.45, 7) is 4.23. The molecule has 0 amide bonds. The minimum absolute atomic E-state index is 0.0937. The standard InChI is InChI=1S/C10H23NO3S/c1-7(9(6-12)15-5)11-8(2)10(13-3)14-4/h7-12H,6H2,1-5H3. The number of methoxy groups -OCH3 is 2. The fourth-order valence-electron chi connectivity index (χ4n) is 1.54. The van der Waals surface area contributed by atoms with Gasteiger partial charge in [0.05, 0.1) is 12.6 Å². The third-order valence-corrected chi connectivity index (χ3v) is 3.60. The molecule has 5 heteroatoms. The molecule has 0 heterocycles. The van der Waals surface area contributed by atoms with Crippen molar-refractivity contribution in [1.82, 2.24) is 5.32 Å². The van der Waals surface area contributed by atoms with E-state index >= 15 is 0 Å². The van der Waals surface area contributed by atoms with Crippen LogP contribution >= 0.6 is 11.8 Å². The Balaban J connectivity index is 4.08. The van der Waals surface area contributed by atoms with Gasteiger partial charge in [0.15, 0.2) is 6.29 Å². The van der Waals surface area contributed by atoms with Gasteiger partial charge in [0.25, 0.3) is 0 Å². The Bertz CT molecular complexity index is 136. The lowest BCUT2D eigenvalue weighted by Gasteiger charge is -2.28. The van der Waals surface area contributed by atoms with Crippen molar-refractivity contribution in [2.45, 2.75) is 37.5 Å². The van der Waals surface area contributed by atoms with Crippen molar-refractivity contribution < 1.29 is 14.6 Å². The summed E-state index contributed by atoms with van der Waals surface area (Å²) in [7, 11) is 3.24. The fraction of sp³-hybridized carbons (Fsp3) is 1.00. The highest BCUT2D eigenvalue weighted by Crippen LogP contribution is 2.12. The number of rotatable bonds is 8. The van der Waals surface area contributed by atoms with Gasteiger partial charge in [0.1, 0.15) is 0 Å². The molecule has 4 nitrogen and oxygen atoms in total. The second-order valence-corrected chi connectivity index (χ2v) is 4.62. The molecule has 0 aromatic carbocycles. The van der Waals surface area contributed by atoms with Gasteiger partial charge in [0, 0.05) is 25.5 Å². The lowest BCUT2D eigenvalue weighted by atomic mass is 10.2. The summed E-state index contributed by atoms with van der Waals surface area (Å²) in [6, 6.07) is 0.309. The van der Waals surface area contributed by atoms with Gasteiger partial charge in [-0.05, 0) is 20.1 Å². The molecule has 0 radical (unpaired) electrons. The molecule has 0 spiro atoms. The number of thioether (sulfide) groups is 1. The highest BCUT2D eigenvalue weighted by atomic mass is 32.2. The van der Waals surface area contributed by atoms with Crippen LogP contribution in [0.4, 0.5) is 0 Å². The van der Waals surface area contributed by atoms with E-state index in [2.05, 4.69) is 12.2 Å². The number of aliphatic hydroxyl groups excluding tert-OH is 1. The van der Waals surface area contributed by atoms with Gasteiger partial charge >= 0.3 is 0 Å². The summed E-state index contributed by atoms with van der Waals surface area (Å²) in [5.74, 6) is 0. The van der Waals surface area contributed by atoms with E-state index in [0.717, 1.165) is 0 Å². The SMILES string of the molecule is COC(OC)C(C)NC(C)C(CO)SC. The quantitative estimate of drug-likeness (QED) is 0.609. The molecule has 0 aliphatic carbocycles. The van der Waals surface area contributed by atoms with Crippen LogP contribution in [-0.4, -0.2) is 55.8 Å². The third-order valence-electron chi connectivity index (χ3n) is 2.44. The largest absolute Gasteiger partial charge is 0.395 e. The van der Waals surface area contributed by atoms with Gasteiger partial charge in [-0.3, -0.25) is 0 Å². The van der Waals surface area contributed by atoms with Crippen molar-refractivity contribution in [3.05, 3.63) is 0 Å². The second kappa shape index (κ2) is 8.35. The predicted octanol–water partition coefficient (Wildman–Crippen LogP) is 0.696. The van der Waals surface area contributed by atoms with E-state index in [1.807, 2.05) is 13.2 Å². The van der Waals surface area contributed by atoms with Crippen LogP contribution in [0.1, 0.15) is 13.8 Å². The van der Waals surface area contributed by atoms with Crippen LogP contribution in [0.5, 0.6) is 0 Å². The molecule has 2 N–H and O–H groups in total. The van der Waals surface area contributed by atoms with E-state index in [9.17, 15) is 0 Å². The Kier molecular flexibility index (Phi) is 8.46. The number of ether oxygens (including phenoxy) is 2. The molecular formula is C10H23NO3S. The average Bonchev–Trinajstić information content (AvgIpc) is 2.21. The minimum Gasteiger partial charge on any atom is -0.395 e. The van der Waals surface area contributed by atoms with Crippen LogP contribution < -0.4 is 5.32 Å². The molecule has 0 bridgehead atoms. The average molecular weight is 237 g/mol. The number of aliphatic hydroxyl groups is 1. The normalized spacial score (nSPS) is 17.8. The van der Waals surface area contributed by atoms with Crippen molar-refractivity contribution in [3.63, 3.8) is 0 Å². The highest BCUT2D eigenvalue weighted by Gasteiger charge is 2.21. The second-order valence-electron chi connectivity index (χ2n) is 3.54. The molecular weight excluding hydrogens is 214 g/mol. The van der Waals surface area contributed by atoms with E-state index in [1.165, 1.54) is 0 Å². The first-order valence-electron chi connectivity index (χ1n) is 5.06. The lowest BCUT2D eigenvalue weighted by Crippen LogP contribution is -2.48. The van der Waals surface area contributed by atoms with E-state index in [0.29, 0.717) is 0 Å². The van der Waals surface area contributed by atoms with E-state index in [1.54, 1.807) is 26.0 Å². The van der Waals surface area contributed by atoms with E-state index in [4.69, 9.17) is 14.6 Å². The Morgan fingerprint density at radius 1 is 1.20 bits per heavy atom. The van der Waals surface area contributed by atoms with Gasteiger partial charge in [-0.25, -0.2) is 0 Å². The molecule has 0 aliphatic heterocycles. The Hall–Kier alpha value is 0.190. The molecule has 0 fully saturated rings. The van der Waals surface area contributed by atoms with Crippen LogP contribution in [0, 0.1) is 0 Å². The van der Waals surface area contributed by atoms with Gasteiger partial charge in [-0.2, -0.15) is 11.8 Å². The van der Waals surface area contributed by atoms with Crippen molar-refractivity contribution in [2.24, 2.45) is 0 Å². The van der Waals surface area contributed by atoms with E-state index in [-0.39, 0.29) is 30.2 Å². The zero-order valence-corrected chi connectivity index (χ0v) is 11.0.